The highest BCUT2D eigenvalue weighted by Gasteiger charge is 2.27. The van der Waals surface area contributed by atoms with Crippen molar-refractivity contribution in [3.05, 3.63) is 63.8 Å². The topological polar surface area (TPSA) is 54.1 Å². The van der Waals surface area contributed by atoms with Crippen molar-refractivity contribution in [2.75, 3.05) is 7.11 Å². The molecule has 3 atom stereocenters. The van der Waals surface area contributed by atoms with E-state index in [-0.39, 0.29) is 17.4 Å². The van der Waals surface area contributed by atoms with Crippen molar-refractivity contribution < 1.29 is 9.13 Å². The number of H-pyrrole nitrogens is 1. The Morgan fingerprint density at radius 2 is 2.12 bits per heavy atom. The normalized spacial score (nSPS) is 21.6. The molecular weight excluding hydrogens is 307 g/mol. The van der Waals surface area contributed by atoms with Crippen LogP contribution >= 0.6 is 0 Å². The fourth-order valence-electron chi connectivity index (χ4n) is 3.60. The van der Waals surface area contributed by atoms with Crippen LogP contribution in [0.1, 0.15) is 49.3 Å². The molecule has 1 heterocycles. The van der Waals surface area contributed by atoms with Gasteiger partial charge in [-0.15, -0.1) is 0 Å². The molecule has 3 unspecified atom stereocenters. The second-order valence-corrected chi connectivity index (χ2v) is 6.47. The van der Waals surface area contributed by atoms with Crippen LogP contribution in [0.5, 0.6) is 5.75 Å². The van der Waals surface area contributed by atoms with E-state index < -0.39 is 0 Å². The molecule has 2 aromatic rings. The number of rotatable bonds is 5. The van der Waals surface area contributed by atoms with Gasteiger partial charge in [0.25, 0.3) is 0 Å². The molecule has 4 nitrogen and oxygen atoms in total. The van der Waals surface area contributed by atoms with E-state index in [2.05, 4.69) is 17.2 Å². The lowest BCUT2D eigenvalue weighted by molar-refractivity contribution is 0.389. The van der Waals surface area contributed by atoms with Crippen LogP contribution in [0.3, 0.4) is 0 Å². The summed E-state index contributed by atoms with van der Waals surface area (Å²) in [5, 5.41) is 3.63. The standard InChI is InChI=1S/C19H23FN2O2/c1-12(17-7-5-15(20)10-18(17)24-2)22-16-6-3-13(9-16)14-4-8-19(23)21-11-14/h4-5,7-8,10-13,16,22H,3,6,9H2,1-2H3,(H,21,23). The smallest absolute Gasteiger partial charge is 0.247 e. The summed E-state index contributed by atoms with van der Waals surface area (Å²) in [5.74, 6) is 0.744. The number of aromatic amines is 1. The lowest BCUT2D eigenvalue weighted by Gasteiger charge is -2.22. The monoisotopic (exact) mass is 330 g/mol. The van der Waals surface area contributed by atoms with E-state index >= 15 is 0 Å². The lowest BCUT2D eigenvalue weighted by atomic mass is 9.99. The van der Waals surface area contributed by atoms with E-state index in [1.54, 1.807) is 19.2 Å². The Labute approximate surface area is 141 Å². The molecule has 0 spiro atoms. The maximum absolute atomic E-state index is 13.3. The molecular formula is C19H23FN2O2. The highest BCUT2D eigenvalue weighted by molar-refractivity contribution is 5.36. The number of benzene rings is 1. The van der Waals surface area contributed by atoms with Crippen LogP contribution in [0, 0.1) is 5.82 Å². The molecule has 2 N–H and O–H groups in total. The summed E-state index contributed by atoms with van der Waals surface area (Å²) in [7, 11) is 1.56. The van der Waals surface area contributed by atoms with Crippen LogP contribution in [0.25, 0.3) is 0 Å². The van der Waals surface area contributed by atoms with Crippen molar-refractivity contribution in [1.29, 1.82) is 0 Å². The van der Waals surface area contributed by atoms with E-state index in [1.165, 1.54) is 17.7 Å². The zero-order valence-electron chi connectivity index (χ0n) is 14.0. The summed E-state index contributed by atoms with van der Waals surface area (Å²) >= 11 is 0. The molecule has 1 saturated carbocycles. The van der Waals surface area contributed by atoms with Crippen LogP contribution in [-0.4, -0.2) is 18.1 Å². The molecule has 1 aliphatic rings. The van der Waals surface area contributed by atoms with E-state index in [0.29, 0.717) is 17.7 Å². The second-order valence-electron chi connectivity index (χ2n) is 6.47. The fraction of sp³-hybridized carbons (Fsp3) is 0.421. The van der Waals surface area contributed by atoms with Gasteiger partial charge in [0.05, 0.1) is 7.11 Å². The zero-order chi connectivity index (χ0) is 17.1. The first-order chi connectivity index (χ1) is 11.6. The molecule has 128 valence electrons. The summed E-state index contributed by atoms with van der Waals surface area (Å²) in [6.07, 6.45) is 5.02. The van der Waals surface area contributed by atoms with Crippen molar-refractivity contribution in [2.24, 2.45) is 0 Å². The quantitative estimate of drug-likeness (QED) is 0.882. The number of ether oxygens (including phenoxy) is 1. The van der Waals surface area contributed by atoms with Crippen LogP contribution in [0.4, 0.5) is 4.39 Å². The SMILES string of the molecule is COc1cc(F)ccc1C(C)NC1CCC(c2ccc(=O)[nH]c2)C1. The molecule has 1 aromatic carbocycles. The first-order valence-corrected chi connectivity index (χ1v) is 8.35. The van der Waals surface area contributed by atoms with Crippen molar-refractivity contribution in [1.82, 2.24) is 10.3 Å². The Hall–Kier alpha value is -2.14. The molecule has 3 rings (SSSR count). The van der Waals surface area contributed by atoms with Gasteiger partial charge in [-0.05, 0) is 43.7 Å². The van der Waals surface area contributed by atoms with Gasteiger partial charge >= 0.3 is 0 Å². The maximum Gasteiger partial charge on any atom is 0.247 e. The predicted molar refractivity (Wildman–Crippen MR) is 91.9 cm³/mol. The Balaban J connectivity index is 1.65. The van der Waals surface area contributed by atoms with Crippen LogP contribution in [-0.2, 0) is 0 Å². The number of methoxy groups -OCH3 is 1. The summed E-state index contributed by atoms with van der Waals surface area (Å²) < 4.78 is 18.6. The number of hydrogen-bond donors (Lipinski definition) is 2. The molecule has 5 heteroatoms. The minimum Gasteiger partial charge on any atom is -0.496 e. The average molecular weight is 330 g/mol. The summed E-state index contributed by atoms with van der Waals surface area (Å²) in [4.78, 5) is 13.9. The fourth-order valence-corrected chi connectivity index (χ4v) is 3.60. The van der Waals surface area contributed by atoms with Gasteiger partial charge in [0.1, 0.15) is 11.6 Å². The van der Waals surface area contributed by atoms with Gasteiger partial charge in [-0.25, -0.2) is 4.39 Å². The predicted octanol–water partition coefficient (Wildman–Crippen LogP) is 3.51. The maximum atomic E-state index is 13.3. The second kappa shape index (κ2) is 7.18. The van der Waals surface area contributed by atoms with Crippen molar-refractivity contribution in [3.63, 3.8) is 0 Å². The molecule has 1 aliphatic carbocycles. The molecule has 0 bridgehead atoms. The minimum atomic E-state index is -0.290. The molecule has 0 saturated heterocycles. The van der Waals surface area contributed by atoms with Crippen molar-refractivity contribution >= 4 is 0 Å². The Morgan fingerprint density at radius 1 is 1.29 bits per heavy atom. The molecule has 0 amide bonds. The number of hydrogen-bond acceptors (Lipinski definition) is 3. The average Bonchev–Trinajstić information content (AvgIpc) is 3.03. The molecule has 1 aromatic heterocycles. The summed E-state index contributed by atoms with van der Waals surface area (Å²) in [6.45, 7) is 2.07. The highest BCUT2D eigenvalue weighted by atomic mass is 19.1. The Kier molecular flexibility index (Phi) is 5.00. The van der Waals surface area contributed by atoms with Gasteiger partial charge in [0.15, 0.2) is 0 Å². The first kappa shape index (κ1) is 16.7. The Morgan fingerprint density at radius 3 is 2.83 bits per heavy atom. The third-order valence-electron chi connectivity index (χ3n) is 4.86. The van der Waals surface area contributed by atoms with Crippen LogP contribution < -0.4 is 15.6 Å². The van der Waals surface area contributed by atoms with E-state index in [4.69, 9.17) is 4.74 Å². The van der Waals surface area contributed by atoms with E-state index in [0.717, 1.165) is 24.8 Å². The molecule has 1 fully saturated rings. The third-order valence-corrected chi connectivity index (χ3v) is 4.86. The van der Waals surface area contributed by atoms with Gasteiger partial charge in [0, 0.05) is 36.0 Å². The van der Waals surface area contributed by atoms with Crippen molar-refractivity contribution in [3.8, 4) is 5.75 Å². The lowest BCUT2D eigenvalue weighted by Crippen LogP contribution is -2.29. The van der Waals surface area contributed by atoms with Gasteiger partial charge in [-0.1, -0.05) is 12.1 Å². The zero-order valence-corrected chi connectivity index (χ0v) is 14.0. The van der Waals surface area contributed by atoms with Gasteiger partial charge in [0.2, 0.25) is 5.56 Å². The van der Waals surface area contributed by atoms with E-state index in [9.17, 15) is 9.18 Å². The highest BCUT2D eigenvalue weighted by Crippen LogP contribution is 2.35. The largest absolute Gasteiger partial charge is 0.496 e. The number of halogens is 1. The number of aromatic nitrogens is 1. The molecule has 0 aliphatic heterocycles. The third kappa shape index (κ3) is 3.67. The number of nitrogens with one attached hydrogen (secondary N) is 2. The van der Waals surface area contributed by atoms with Crippen LogP contribution in [0.2, 0.25) is 0 Å². The van der Waals surface area contributed by atoms with Gasteiger partial charge in [-0.2, -0.15) is 0 Å². The van der Waals surface area contributed by atoms with Crippen LogP contribution in [0.15, 0.2) is 41.3 Å². The van der Waals surface area contributed by atoms with E-state index in [1.807, 2.05) is 12.3 Å². The number of pyridine rings is 1. The summed E-state index contributed by atoms with van der Waals surface area (Å²) in [6, 6.07) is 8.64. The summed E-state index contributed by atoms with van der Waals surface area (Å²) in [5.41, 5.74) is 2.08. The Bertz CT molecular complexity index is 739. The molecule has 0 radical (unpaired) electrons. The van der Waals surface area contributed by atoms with Crippen molar-refractivity contribution in [2.45, 2.75) is 44.2 Å². The van der Waals surface area contributed by atoms with Gasteiger partial charge < -0.3 is 15.0 Å². The first-order valence-electron chi connectivity index (χ1n) is 8.35. The minimum absolute atomic E-state index is 0.0663. The molecule has 24 heavy (non-hydrogen) atoms. The van der Waals surface area contributed by atoms with Gasteiger partial charge in [-0.3, -0.25) is 4.79 Å².